The molecule has 0 saturated carbocycles. The van der Waals surface area contributed by atoms with E-state index in [-0.39, 0.29) is 29.2 Å². The van der Waals surface area contributed by atoms with E-state index in [1.165, 1.54) is 6.07 Å². The number of aromatic nitrogens is 2. The number of hydrogen-bond acceptors (Lipinski definition) is 10. The Bertz CT molecular complexity index is 2600. The number of halogens is 4. The molecule has 7 rings (SSSR count). The molecule has 3 aromatic carbocycles. The molecule has 0 bridgehead atoms. The molecule has 2 atom stereocenters. The number of hydrogen-bond donors (Lipinski definition) is 3. The summed E-state index contributed by atoms with van der Waals surface area (Å²) in [7, 11) is -4.21. The number of pyridine rings is 2. The van der Waals surface area contributed by atoms with Crippen LogP contribution in [0.2, 0.25) is 0 Å². The van der Waals surface area contributed by atoms with E-state index in [1.807, 2.05) is 35.6 Å². The summed E-state index contributed by atoms with van der Waals surface area (Å²) in [6, 6.07) is 19.0. The fourth-order valence-corrected chi connectivity index (χ4v) is 7.89. The molecule has 2 aliphatic heterocycles. The third-order valence-corrected chi connectivity index (χ3v) is 11.2. The number of ether oxygens (including phenoxy) is 1. The molecule has 3 N–H and O–H groups in total. The van der Waals surface area contributed by atoms with Gasteiger partial charge in [-0.05, 0) is 74.0 Å². The SMILES string of the molecule is CC[C@@]1(O)C(=O)OCc2c1cc1n(c2=O)Cc2cc3ccccc3nc2-1.C[C@](O)(CS(=O)(=O)c1ccc(F)cc1)C(=O)Nc1ccc(C#N)c(C(F)(F)F)c1. The first-order valence-corrected chi connectivity index (χ1v) is 18.1. The van der Waals surface area contributed by atoms with Crippen LogP contribution in [0, 0.1) is 17.1 Å². The Morgan fingerprint density at radius 3 is 2.42 bits per heavy atom. The van der Waals surface area contributed by atoms with Crippen LogP contribution in [0.1, 0.15) is 48.1 Å². The highest BCUT2D eigenvalue weighted by Gasteiger charge is 2.45. The highest BCUT2D eigenvalue weighted by Crippen LogP contribution is 2.39. The molecular formula is C38H30F4N4O8S. The van der Waals surface area contributed by atoms with Crippen LogP contribution >= 0.6 is 0 Å². The summed E-state index contributed by atoms with van der Waals surface area (Å²) in [6.07, 6.45) is -4.72. The van der Waals surface area contributed by atoms with E-state index in [4.69, 9.17) is 15.0 Å². The summed E-state index contributed by atoms with van der Waals surface area (Å²) in [5, 5.41) is 32.9. The third kappa shape index (κ3) is 7.31. The van der Waals surface area contributed by atoms with Gasteiger partial charge < -0.3 is 24.8 Å². The standard InChI is InChI=1S/C20H16N2O4.C18H14F4N2O4S/c1-2-20(25)14-8-16-17-12(7-11-5-3-4-6-15(11)21-17)9-22(16)18(23)13(14)10-26-19(20)24;1-17(26,10-29(27,28)14-6-3-12(19)4-7-14)16(25)24-13-5-2-11(9-23)15(8-13)18(20,21)22/h3-8,25H,2,9-10H2,1H3;2-8,26H,10H2,1H3,(H,24,25)/t20-;17-/m00/s1. The van der Waals surface area contributed by atoms with Crippen molar-refractivity contribution in [3.05, 3.63) is 123 Å². The molecule has 2 aliphatic rings. The van der Waals surface area contributed by atoms with Crippen molar-refractivity contribution >= 4 is 38.3 Å². The van der Waals surface area contributed by atoms with Crippen molar-refractivity contribution in [2.24, 2.45) is 0 Å². The number of anilines is 1. The number of alkyl halides is 3. The maximum absolute atomic E-state index is 13.0. The first kappa shape index (κ1) is 38.8. The van der Waals surface area contributed by atoms with Crippen LogP contribution < -0.4 is 10.9 Å². The van der Waals surface area contributed by atoms with Crippen molar-refractivity contribution in [3.63, 3.8) is 0 Å². The van der Waals surface area contributed by atoms with E-state index in [0.717, 1.165) is 65.5 Å². The lowest BCUT2D eigenvalue weighted by Gasteiger charge is -2.31. The van der Waals surface area contributed by atoms with Gasteiger partial charge in [0.1, 0.15) is 12.4 Å². The van der Waals surface area contributed by atoms with Gasteiger partial charge in [-0.15, -0.1) is 0 Å². The number of rotatable bonds is 6. The number of cyclic esters (lactones) is 1. The number of carbonyl (C=O) groups excluding carboxylic acids is 2. The van der Waals surface area contributed by atoms with Crippen LogP contribution in [0.15, 0.2) is 88.6 Å². The molecular weight excluding hydrogens is 748 g/mol. The lowest BCUT2D eigenvalue weighted by molar-refractivity contribution is -0.172. The second-order valence-electron chi connectivity index (χ2n) is 13.1. The maximum atomic E-state index is 13.0. The number of nitrogens with zero attached hydrogens (tertiary/aromatic N) is 3. The van der Waals surface area contributed by atoms with Crippen LogP contribution in [0.4, 0.5) is 23.2 Å². The molecule has 0 spiro atoms. The summed E-state index contributed by atoms with van der Waals surface area (Å²) in [5.41, 5.74) is -3.05. The number of nitrogens with one attached hydrogen (secondary N) is 1. The van der Waals surface area contributed by atoms with Crippen molar-refractivity contribution in [3.8, 4) is 17.5 Å². The molecule has 1 amide bonds. The van der Waals surface area contributed by atoms with E-state index >= 15 is 0 Å². The van der Waals surface area contributed by atoms with Crippen LogP contribution in [0.3, 0.4) is 0 Å². The Morgan fingerprint density at radius 1 is 1.07 bits per heavy atom. The number of para-hydroxylation sites is 1. The summed E-state index contributed by atoms with van der Waals surface area (Å²) >= 11 is 0. The van der Waals surface area contributed by atoms with Crippen molar-refractivity contribution in [1.82, 2.24) is 9.55 Å². The van der Waals surface area contributed by atoms with Gasteiger partial charge >= 0.3 is 12.1 Å². The van der Waals surface area contributed by atoms with Crippen LogP contribution in [0.5, 0.6) is 0 Å². The number of amides is 1. The minimum absolute atomic E-state index is 0.110. The fourth-order valence-electron chi connectivity index (χ4n) is 6.31. The average molecular weight is 779 g/mol. The Kier molecular flexibility index (Phi) is 9.89. The van der Waals surface area contributed by atoms with Crippen LogP contribution in [-0.4, -0.2) is 51.4 Å². The summed E-state index contributed by atoms with van der Waals surface area (Å²) < 4.78 is 83.4. The first-order chi connectivity index (χ1) is 25.8. The number of fused-ring (bicyclic) bond motifs is 5. The van der Waals surface area contributed by atoms with Gasteiger partial charge in [0.15, 0.2) is 21.0 Å². The Hall–Kier alpha value is -5.96. The zero-order valence-corrected chi connectivity index (χ0v) is 29.8. The molecule has 4 heterocycles. The Morgan fingerprint density at radius 2 is 1.76 bits per heavy atom. The highest BCUT2D eigenvalue weighted by atomic mass is 32.2. The van der Waals surface area contributed by atoms with Gasteiger partial charge in [0.05, 0.1) is 56.9 Å². The van der Waals surface area contributed by atoms with Gasteiger partial charge in [0, 0.05) is 22.2 Å². The molecule has 12 nitrogen and oxygen atoms in total. The average Bonchev–Trinajstić information content (AvgIpc) is 3.49. The minimum Gasteiger partial charge on any atom is -0.458 e. The van der Waals surface area contributed by atoms with E-state index < -0.39 is 61.8 Å². The van der Waals surface area contributed by atoms with Crippen molar-refractivity contribution in [2.75, 3.05) is 11.1 Å². The van der Waals surface area contributed by atoms with E-state index in [9.17, 15) is 50.6 Å². The predicted octanol–water partition coefficient (Wildman–Crippen LogP) is 4.96. The Balaban J connectivity index is 0.000000188. The molecule has 5 aromatic rings. The molecule has 2 aromatic heterocycles. The predicted molar refractivity (Wildman–Crippen MR) is 188 cm³/mol. The lowest BCUT2D eigenvalue weighted by Crippen LogP contribution is -2.45. The second kappa shape index (κ2) is 14.0. The summed E-state index contributed by atoms with van der Waals surface area (Å²) in [6.45, 7) is 2.88. The van der Waals surface area contributed by atoms with E-state index in [0.29, 0.717) is 29.4 Å². The lowest BCUT2D eigenvalue weighted by atomic mass is 9.86. The van der Waals surface area contributed by atoms with Crippen molar-refractivity contribution in [1.29, 1.82) is 5.26 Å². The third-order valence-electron chi connectivity index (χ3n) is 9.25. The normalized spacial score (nSPS) is 17.0. The topological polar surface area (TPSA) is 189 Å². The van der Waals surface area contributed by atoms with Gasteiger partial charge in [-0.25, -0.2) is 22.6 Å². The smallest absolute Gasteiger partial charge is 0.417 e. The largest absolute Gasteiger partial charge is 0.458 e. The molecule has 0 aliphatic carbocycles. The molecule has 17 heteroatoms. The molecule has 0 saturated heterocycles. The molecule has 0 unspecified atom stereocenters. The number of esters is 1. The number of aliphatic hydroxyl groups is 2. The molecule has 0 fully saturated rings. The fraction of sp³-hybridized carbons (Fsp3) is 0.237. The maximum Gasteiger partial charge on any atom is 0.417 e. The van der Waals surface area contributed by atoms with E-state index in [1.54, 1.807) is 17.6 Å². The van der Waals surface area contributed by atoms with Gasteiger partial charge in [-0.1, -0.05) is 25.1 Å². The number of carbonyl (C=O) groups is 2. The van der Waals surface area contributed by atoms with Gasteiger partial charge in [-0.2, -0.15) is 18.4 Å². The van der Waals surface area contributed by atoms with Gasteiger partial charge in [0.2, 0.25) is 0 Å². The van der Waals surface area contributed by atoms with Crippen molar-refractivity contribution < 1.29 is 50.5 Å². The minimum atomic E-state index is -4.86. The summed E-state index contributed by atoms with van der Waals surface area (Å²) in [5.74, 6) is -3.77. The first-order valence-electron chi connectivity index (χ1n) is 16.5. The second-order valence-corrected chi connectivity index (χ2v) is 15.1. The quantitative estimate of drug-likeness (QED) is 0.119. The summed E-state index contributed by atoms with van der Waals surface area (Å²) in [4.78, 5) is 41.8. The Labute approximate surface area is 310 Å². The van der Waals surface area contributed by atoms with Gasteiger partial charge in [0.25, 0.3) is 11.5 Å². The number of sulfone groups is 1. The zero-order valence-electron chi connectivity index (χ0n) is 28.9. The zero-order chi connectivity index (χ0) is 40.1. The highest BCUT2D eigenvalue weighted by molar-refractivity contribution is 7.91. The van der Waals surface area contributed by atoms with Crippen molar-refractivity contribution in [2.45, 2.75) is 55.7 Å². The monoisotopic (exact) mass is 778 g/mol. The molecule has 284 valence electrons. The molecule has 55 heavy (non-hydrogen) atoms. The van der Waals surface area contributed by atoms with Crippen LogP contribution in [-0.2, 0) is 49.1 Å². The van der Waals surface area contributed by atoms with Gasteiger partial charge in [-0.3, -0.25) is 9.59 Å². The number of nitriles is 1. The van der Waals surface area contributed by atoms with Crippen LogP contribution in [0.25, 0.3) is 22.3 Å². The van der Waals surface area contributed by atoms with E-state index in [2.05, 4.69) is 0 Å². The number of benzene rings is 3. The molecule has 0 radical (unpaired) electrons.